The fraction of sp³-hybridized carbons (Fsp3) is 0.120. The van der Waals surface area contributed by atoms with Crippen molar-refractivity contribution in [2.45, 2.75) is 12.3 Å². The van der Waals surface area contributed by atoms with Crippen LogP contribution in [0.3, 0.4) is 0 Å². The molecule has 0 aliphatic carbocycles. The van der Waals surface area contributed by atoms with E-state index in [-0.39, 0.29) is 30.5 Å². The maximum Gasteiger partial charge on any atom is 0.312 e. The molecule has 6 nitrogen and oxygen atoms in total. The largest absolute Gasteiger partial charge is 0.463 e. The third kappa shape index (κ3) is 2.79. The lowest BCUT2D eigenvalue weighted by molar-refractivity contribution is -0.135. The number of fused-ring (bicyclic) bond motifs is 4. The molecule has 6 heteroatoms. The number of hydrogen-bond acceptors (Lipinski definition) is 6. The highest BCUT2D eigenvalue weighted by Gasteiger charge is 2.33. The molecule has 2 aliphatic rings. The lowest BCUT2D eigenvalue weighted by atomic mass is 9.85. The summed E-state index contributed by atoms with van der Waals surface area (Å²) in [6, 6.07) is 18.3. The average molecular weight is 412 g/mol. The van der Waals surface area contributed by atoms with E-state index < -0.39 is 0 Å². The van der Waals surface area contributed by atoms with Gasteiger partial charge in [-0.05, 0) is 35.4 Å². The van der Waals surface area contributed by atoms with Gasteiger partial charge in [-0.3, -0.25) is 9.59 Å². The maximum atomic E-state index is 13.3. The molecule has 6 rings (SSSR count). The zero-order valence-corrected chi connectivity index (χ0v) is 16.3. The second kappa shape index (κ2) is 6.74. The lowest BCUT2D eigenvalue weighted by Crippen LogP contribution is -2.22. The van der Waals surface area contributed by atoms with Crippen molar-refractivity contribution in [2.75, 3.05) is 6.79 Å². The number of esters is 1. The minimum Gasteiger partial charge on any atom is -0.463 e. The first kappa shape index (κ1) is 17.8. The molecule has 1 unspecified atom stereocenters. The fourth-order valence-electron chi connectivity index (χ4n) is 4.29. The number of hydrogen-bond donors (Lipinski definition) is 0. The van der Waals surface area contributed by atoms with Gasteiger partial charge in [0.05, 0.1) is 17.4 Å². The molecule has 1 aromatic heterocycles. The smallest absolute Gasteiger partial charge is 0.312 e. The molecule has 1 atom stereocenters. The summed E-state index contributed by atoms with van der Waals surface area (Å²) in [7, 11) is 0. The van der Waals surface area contributed by atoms with E-state index in [4.69, 9.17) is 18.6 Å². The monoisotopic (exact) mass is 412 g/mol. The molecule has 31 heavy (non-hydrogen) atoms. The van der Waals surface area contributed by atoms with Crippen LogP contribution in [0.15, 0.2) is 76.1 Å². The highest BCUT2D eigenvalue weighted by Crippen LogP contribution is 2.45. The first-order valence-electron chi connectivity index (χ1n) is 9.93. The molecule has 0 fully saturated rings. The second-order valence-corrected chi connectivity index (χ2v) is 7.54. The Kier molecular flexibility index (Phi) is 3.86. The SMILES string of the molecule is O=C1CC(c2ccc3c(c2)OCO3)c2c(ccc3c(=O)c(-c4ccccc4)coc23)O1. The van der Waals surface area contributed by atoms with Gasteiger partial charge in [0.1, 0.15) is 17.6 Å². The first-order chi connectivity index (χ1) is 15.2. The van der Waals surface area contributed by atoms with Crippen molar-refractivity contribution in [2.24, 2.45) is 0 Å². The summed E-state index contributed by atoms with van der Waals surface area (Å²) < 4.78 is 22.4. The molecule has 0 bridgehead atoms. The van der Waals surface area contributed by atoms with Gasteiger partial charge >= 0.3 is 5.97 Å². The number of benzene rings is 3. The molecule has 0 spiro atoms. The maximum absolute atomic E-state index is 13.3. The molecule has 0 amide bonds. The summed E-state index contributed by atoms with van der Waals surface area (Å²) in [5.41, 5.74) is 3.13. The molecule has 0 radical (unpaired) electrons. The predicted octanol–water partition coefficient (Wildman–Crippen LogP) is 4.63. The van der Waals surface area contributed by atoms with Gasteiger partial charge in [-0.25, -0.2) is 0 Å². The van der Waals surface area contributed by atoms with E-state index >= 15 is 0 Å². The number of carbonyl (C=O) groups is 1. The Bertz CT molecular complexity index is 1400. The topological polar surface area (TPSA) is 75.0 Å². The van der Waals surface area contributed by atoms with Crippen molar-refractivity contribution in [3.8, 4) is 28.4 Å². The number of carbonyl (C=O) groups excluding carboxylic acids is 1. The van der Waals surface area contributed by atoms with Crippen molar-refractivity contribution in [1.29, 1.82) is 0 Å². The Morgan fingerprint density at radius 2 is 1.65 bits per heavy atom. The quantitative estimate of drug-likeness (QED) is 0.353. The van der Waals surface area contributed by atoms with E-state index in [9.17, 15) is 9.59 Å². The van der Waals surface area contributed by atoms with E-state index in [0.29, 0.717) is 39.3 Å². The molecule has 0 N–H and O–H groups in total. The Labute approximate surface area is 176 Å². The van der Waals surface area contributed by atoms with Crippen LogP contribution in [0.25, 0.3) is 22.1 Å². The van der Waals surface area contributed by atoms with Gasteiger partial charge in [0.25, 0.3) is 0 Å². The summed E-state index contributed by atoms with van der Waals surface area (Å²) in [5, 5.41) is 0.448. The van der Waals surface area contributed by atoms with Crippen LogP contribution in [0.1, 0.15) is 23.5 Å². The van der Waals surface area contributed by atoms with Gasteiger partial charge in [-0.1, -0.05) is 36.4 Å². The normalized spacial score (nSPS) is 16.8. The first-order valence-corrected chi connectivity index (χ1v) is 9.93. The van der Waals surface area contributed by atoms with Crippen LogP contribution in [0, 0.1) is 0 Å². The molecule has 3 heterocycles. The van der Waals surface area contributed by atoms with Gasteiger partial charge < -0.3 is 18.6 Å². The van der Waals surface area contributed by atoms with E-state index in [1.54, 1.807) is 12.1 Å². The third-order valence-electron chi connectivity index (χ3n) is 5.77. The van der Waals surface area contributed by atoms with E-state index in [0.717, 1.165) is 11.1 Å². The van der Waals surface area contributed by atoms with Crippen LogP contribution in [-0.2, 0) is 4.79 Å². The van der Waals surface area contributed by atoms with Crippen molar-refractivity contribution in [3.05, 3.63) is 88.3 Å². The average Bonchev–Trinajstić information content (AvgIpc) is 3.27. The van der Waals surface area contributed by atoms with Crippen LogP contribution in [-0.4, -0.2) is 12.8 Å². The summed E-state index contributed by atoms with van der Waals surface area (Å²) in [5.74, 6) is 1.03. The Morgan fingerprint density at radius 3 is 2.52 bits per heavy atom. The van der Waals surface area contributed by atoms with Gasteiger partial charge in [0.2, 0.25) is 12.2 Å². The molecule has 2 aliphatic heterocycles. The van der Waals surface area contributed by atoms with Crippen molar-refractivity contribution >= 4 is 16.9 Å². The Balaban J connectivity index is 1.56. The molecule has 152 valence electrons. The van der Waals surface area contributed by atoms with Gasteiger partial charge in [-0.2, -0.15) is 0 Å². The summed E-state index contributed by atoms with van der Waals surface area (Å²) >= 11 is 0. The predicted molar refractivity (Wildman–Crippen MR) is 113 cm³/mol. The highest BCUT2D eigenvalue weighted by atomic mass is 16.7. The minimum atomic E-state index is -0.335. The molecule has 4 aromatic rings. The van der Waals surface area contributed by atoms with Crippen LogP contribution in [0.2, 0.25) is 0 Å². The Morgan fingerprint density at radius 1 is 0.839 bits per heavy atom. The van der Waals surface area contributed by atoms with Crippen LogP contribution >= 0.6 is 0 Å². The molecular weight excluding hydrogens is 396 g/mol. The van der Waals surface area contributed by atoms with Crippen molar-refractivity contribution < 1.29 is 23.4 Å². The van der Waals surface area contributed by atoms with Crippen LogP contribution in [0.4, 0.5) is 0 Å². The standard InChI is InChI=1S/C25H16O6/c26-22-11-17(15-6-8-19-21(10-15)30-13-29-19)23-20(31-22)9-7-16-24(27)18(12-28-25(16)23)14-4-2-1-3-5-14/h1-10,12,17H,11,13H2. The van der Waals surface area contributed by atoms with Crippen molar-refractivity contribution in [3.63, 3.8) is 0 Å². The summed E-state index contributed by atoms with van der Waals surface area (Å²) in [4.78, 5) is 25.6. The highest BCUT2D eigenvalue weighted by molar-refractivity contribution is 5.90. The third-order valence-corrected chi connectivity index (χ3v) is 5.77. The van der Waals surface area contributed by atoms with Crippen LogP contribution in [0.5, 0.6) is 17.2 Å². The lowest BCUT2D eigenvalue weighted by Gasteiger charge is -2.25. The summed E-state index contributed by atoms with van der Waals surface area (Å²) in [6.45, 7) is 0.169. The zero-order chi connectivity index (χ0) is 20.9. The molecule has 0 saturated heterocycles. The van der Waals surface area contributed by atoms with Gasteiger partial charge in [0, 0.05) is 11.5 Å². The van der Waals surface area contributed by atoms with Gasteiger partial charge in [0.15, 0.2) is 11.5 Å². The van der Waals surface area contributed by atoms with E-state index in [1.807, 2.05) is 48.5 Å². The number of rotatable bonds is 2. The van der Waals surface area contributed by atoms with Crippen LogP contribution < -0.4 is 19.6 Å². The molecule has 0 saturated carbocycles. The zero-order valence-electron chi connectivity index (χ0n) is 16.3. The van der Waals surface area contributed by atoms with Gasteiger partial charge in [-0.15, -0.1) is 0 Å². The Hall–Kier alpha value is -4.06. The fourth-order valence-corrected chi connectivity index (χ4v) is 4.29. The second-order valence-electron chi connectivity index (χ2n) is 7.54. The molecule has 3 aromatic carbocycles. The molecular formula is C25H16O6. The van der Waals surface area contributed by atoms with E-state index in [1.165, 1.54) is 6.26 Å². The van der Waals surface area contributed by atoms with E-state index in [2.05, 4.69) is 0 Å². The number of ether oxygens (including phenoxy) is 3. The summed E-state index contributed by atoms with van der Waals surface area (Å²) in [6.07, 6.45) is 1.61. The minimum absolute atomic E-state index is 0.128. The van der Waals surface area contributed by atoms with Crippen molar-refractivity contribution in [1.82, 2.24) is 0 Å².